The molecule has 0 bridgehead atoms. The normalized spacial score (nSPS) is 19.5. The molecule has 0 aromatic heterocycles. The predicted molar refractivity (Wildman–Crippen MR) is 165 cm³/mol. The Kier molecular flexibility index (Phi) is 14.0. The van der Waals surface area contributed by atoms with E-state index in [2.05, 4.69) is 37.4 Å². The molecule has 0 spiro atoms. The standard InChI is InChI=1S/C21H33O3PS8/c1-5-7-9-11-13-26-15-16(27-14-12-10-8-6-2)29-17(28-15)18-30-19-20(31-18)33-21(32-19)25(22,23-3)24-4/h21H,5-14H2,1-4H3. The predicted octanol–water partition coefficient (Wildman–Crippen LogP) is 11.2. The van der Waals surface area contributed by atoms with Crippen molar-refractivity contribution in [2.75, 3.05) is 25.7 Å². The molecule has 0 saturated heterocycles. The van der Waals surface area contributed by atoms with Crippen molar-refractivity contribution in [3.63, 3.8) is 0 Å². The van der Waals surface area contributed by atoms with Crippen LogP contribution in [0.2, 0.25) is 0 Å². The van der Waals surface area contributed by atoms with E-state index in [0.29, 0.717) is 0 Å². The summed E-state index contributed by atoms with van der Waals surface area (Å²) in [5.74, 6) is 2.44. The Morgan fingerprint density at radius 1 is 0.697 bits per heavy atom. The quantitative estimate of drug-likeness (QED) is 0.130. The molecule has 0 radical (unpaired) electrons. The molecule has 3 aliphatic heterocycles. The van der Waals surface area contributed by atoms with Crippen molar-refractivity contribution >= 4 is 102 Å². The molecule has 3 nitrogen and oxygen atoms in total. The first-order valence-electron chi connectivity index (χ1n) is 11.3. The first-order valence-corrected chi connectivity index (χ1v) is 19.9. The van der Waals surface area contributed by atoms with Crippen LogP contribution < -0.4 is 0 Å². The van der Waals surface area contributed by atoms with Crippen molar-refractivity contribution in [3.8, 4) is 0 Å². The van der Waals surface area contributed by atoms with Gasteiger partial charge in [0.05, 0.1) is 25.4 Å². The molecule has 3 aliphatic rings. The highest BCUT2D eigenvalue weighted by molar-refractivity contribution is 8.49. The number of thioether (sulfide) groups is 8. The fourth-order valence-corrected chi connectivity index (χ4v) is 19.1. The second-order valence-corrected chi connectivity index (χ2v) is 20.8. The van der Waals surface area contributed by atoms with Crippen LogP contribution in [0, 0.1) is 0 Å². The zero-order chi connectivity index (χ0) is 23.7. The highest BCUT2D eigenvalue weighted by Crippen LogP contribution is 2.75. The van der Waals surface area contributed by atoms with Crippen molar-refractivity contribution in [2.24, 2.45) is 0 Å². The second-order valence-electron chi connectivity index (χ2n) is 7.40. The molecule has 188 valence electrons. The molecule has 0 aromatic carbocycles. The van der Waals surface area contributed by atoms with Crippen LogP contribution in [-0.4, -0.2) is 30.0 Å². The summed E-state index contributed by atoms with van der Waals surface area (Å²) in [5.41, 5.74) is 0. The van der Waals surface area contributed by atoms with Gasteiger partial charge in [-0.05, 0) is 24.3 Å². The Morgan fingerprint density at radius 2 is 1.15 bits per heavy atom. The average molecular weight is 621 g/mol. The second kappa shape index (κ2) is 15.6. The van der Waals surface area contributed by atoms with E-state index in [1.165, 1.54) is 103 Å². The van der Waals surface area contributed by atoms with Crippen LogP contribution in [0.15, 0.2) is 25.4 Å². The van der Waals surface area contributed by atoms with Crippen LogP contribution in [-0.2, 0) is 13.6 Å². The maximum Gasteiger partial charge on any atom is 0.353 e. The Labute approximate surface area is 234 Å². The number of hydrogen-bond donors (Lipinski definition) is 0. The van der Waals surface area contributed by atoms with Crippen LogP contribution in [0.4, 0.5) is 0 Å². The maximum atomic E-state index is 12.8. The fraction of sp³-hybridized carbons (Fsp3) is 0.714. The average Bonchev–Trinajstić information content (AvgIpc) is 3.52. The van der Waals surface area contributed by atoms with Gasteiger partial charge in [0.1, 0.15) is 0 Å². The van der Waals surface area contributed by atoms with Crippen molar-refractivity contribution in [1.82, 2.24) is 0 Å². The smallest absolute Gasteiger partial charge is 0.311 e. The molecular formula is C21H33O3PS8. The van der Waals surface area contributed by atoms with Crippen molar-refractivity contribution in [3.05, 3.63) is 25.4 Å². The van der Waals surface area contributed by atoms with E-state index in [-0.39, 0.29) is 4.32 Å². The van der Waals surface area contributed by atoms with Crippen LogP contribution in [0.25, 0.3) is 0 Å². The molecule has 0 atom stereocenters. The summed E-state index contributed by atoms with van der Waals surface area (Å²) in [5, 5.41) is 0. The lowest BCUT2D eigenvalue weighted by Crippen LogP contribution is -2.00. The summed E-state index contributed by atoms with van der Waals surface area (Å²) in [4.78, 5) is 0. The monoisotopic (exact) mass is 620 g/mol. The first-order chi connectivity index (χ1) is 16.0. The molecule has 33 heavy (non-hydrogen) atoms. The SMILES string of the molecule is CCCCCCSC1=C(SCCCCCC)SC(=C2SC3=C(S2)SC(P(=O)(OC)OC)S3)S1. The maximum absolute atomic E-state index is 12.8. The Morgan fingerprint density at radius 3 is 1.58 bits per heavy atom. The summed E-state index contributed by atoms with van der Waals surface area (Å²) in [6, 6.07) is 0. The summed E-state index contributed by atoms with van der Waals surface area (Å²) >= 11 is 15.0. The molecule has 12 heteroatoms. The minimum Gasteiger partial charge on any atom is -0.311 e. The molecule has 0 N–H and O–H groups in total. The topological polar surface area (TPSA) is 35.5 Å². The minimum absolute atomic E-state index is 0.200. The van der Waals surface area contributed by atoms with Crippen LogP contribution in [0.1, 0.15) is 65.2 Å². The van der Waals surface area contributed by atoms with Crippen molar-refractivity contribution in [1.29, 1.82) is 0 Å². The van der Waals surface area contributed by atoms with E-state index in [4.69, 9.17) is 9.05 Å². The highest BCUT2D eigenvalue weighted by Gasteiger charge is 2.45. The van der Waals surface area contributed by atoms with Gasteiger partial charge in [-0.2, -0.15) is 0 Å². The van der Waals surface area contributed by atoms with Gasteiger partial charge >= 0.3 is 7.60 Å². The van der Waals surface area contributed by atoms with E-state index < -0.39 is 7.60 Å². The van der Waals surface area contributed by atoms with E-state index in [1.807, 2.05) is 47.0 Å². The van der Waals surface area contributed by atoms with Gasteiger partial charge in [0, 0.05) is 14.2 Å². The third kappa shape index (κ3) is 8.59. The van der Waals surface area contributed by atoms with Gasteiger partial charge in [0.15, 0.2) is 4.32 Å². The molecule has 3 rings (SSSR count). The lowest BCUT2D eigenvalue weighted by molar-refractivity contribution is 0.279. The molecule has 0 unspecified atom stereocenters. The zero-order valence-electron chi connectivity index (χ0n) is 19.6. The number of hydrogen-bond acceptors (Lipinski definition) is 11. The first kappa shape index (κ1) is 29.7. The van der Waals surface area contributed by atoms with Crippen LogP contribution >= 0.6 is 102 Å². The fourth-order valence-electron chi connectivity index (χ4n) is 3.00. The highest BCUT2D eigenvalue weighted by atomic mass is 32.3. The Bertz CT molecular complexity index is 757. The van der Waals surface area contributed by atoms with Gasteiger partial charge < -0.3 is 9.05 Å². The van der Waals surface area contributed by atoms with Gasteiger partial charge in [-0.3, -0.25) is 4.57 Å². The molecule has 0 aliphatic carbocycles. The Hall–Kier alpha value is 2.17. The molecule has 0 fully saturated rings. The van der Waals surface area contributed by atoms with Crippen molar-refractivity contribution < 1.29 is 13.6 Å². The van der Waals surface area contributed by atoms with Gasteiger partial charge in [0.2, 0.25) is 0 Å². The van der Waals surface area contributed by atoms with Crippen LogP contribution in [0.3, 0.4) is 0 Å². The summed E-state index contributed by atoms with van der Waals surface area (Å²) in [6.07, 6.45) is 10.6. The lowest BCUT2D eigenvalue weighted by Gasteiger charge is -2.19. The third-order valence-electron chi connectivity index (χ3n) is 4.89. The van der Waals surface area contributed by atoms with E-state index in [0.717, 1.165) is 0 Å². The number of unbranched alkanes of at least 4 members (excludes halogenated alkanes) is 6. The van der Waals surface area contributed by atoms with Gasteiger partial charge in [0.25, 0.3) is 0 Å². The van der Waals surface area contributed by atoms with Gasteiger partial charge in [-0.15, -0.1) is 23.5 Å². The minimum atomic E-state index is -3.07. The van der Waals surface area contributed by atoms with E-state index in [9.17, 15) is 4.57 Å². The zero-order valence-corrected chi connectivity index (χ0v) is 27.0. The summed E-state index contributed by atoms with van der Waals surface area (Å²) in [6.45, 7) is 4.55. The molecule has 0 saturated carbocycles. The Balaban J connectivity index is 1.57. The van der Waals surface area contributed by atoms with E-state index in [1.54, 1.807) is 23.5 Å². The largest absolute Gasteiger partial charge is 0.353 e. The van der Waals surface area contributed by atoms with E-state index >= 15 is 0 Å². The number of rotatable bonds is 15. The third-order valence-corrected chi connectivity index (χ3v) is 20.3. The van der Waals surface area contributed by atoms with Gasteiger partial charge in [-0.1, -0.05) is 123 Å². The lowest BCUT2D eigenvalue weighted by atomic mass is 10.2. The van der Waals surface area contributed by atoms with Crippen molar-refractivity contribution in [2.45, 2.75) is 69.5 Å². The molecule has 0 aromatic rings. The molecule has 0 amide bonds. The summed E-state index contributed by atoms with van der Waals surface area (Å²) < 4.78 is 31.4. The molecule has 3 heterocycles. The summed E-state index contributed by atoms with van der Waals surface area (Å²) in [7, 11) is -0.123. The molecular weight excluding hydrogens is 588 g/mol. The van der Waals surface area contributed by atoms with Gasteiger partial charge in [-0.25, -0.2) is 0 Å². The van der Waals surface area contributed by atoms with Crippen LogP contribution in [0.5, 0.6) is 0 Å².